The molecule has 1 amide bonds. The molecule has 3 heterocycles. The predicted molar refractivity (Wildman–Crippen MR) is 106 cm³/mol. The van der Waals surface area contributed by atoms with Gasteiger partial charge in [-0.1, -0.05) is 24.9 Å². The number of pyridine rings is 1. The van der Waals surface area contributed by atoms with E-state index in [9.17, 15) is 9.59 Å². The van der Waals surface area contributed by atoms with E-state index in [4.69, 9.17) is 16.3 Å². The highest BCUT2D eigenvalue weighted by atomic mass is 35.5. The van der Waals surface area contributed by atoms with Crippen LogP contribution in [0.15, 0.2) is 18.3 Å². The molecule has 0 atom stereocenters. The van der Waals surface area contributed by atoms with Gasteiger partial charge < -0.3 is 9.64 Å². The summed E-state index contributed by atoms with van der Waals surface area (Å²) in [5.74, 6) is -0.395. The number of nitrogens with zero attached hydrogens (tertiary/aromatic N) is 3. The average molecular weight is 405 g/mol. The third-order valence-corrected chi connectivity index (χ3v) is 5.13. The molecular weight excluding hydrogens is 380 g/mol. The summed E-state index contributed by atoms with van der Waals surface area (Å²) in [5, 5.41) is 7.48. The summed E-state index contributed by atoms with van der Waals surface area (Å²) in [5.41, 5.74) is 2.54. The van der Waals surface area contributed by atoms with Gasteiger partial charge in [-0.2, -0.15) is 5.10 Å². The Morgan fingerprint density at radius 3 is 2.71 bits per heavy atom. The smallest absolute Gasteiger partial charge is 0.340 e. The van der Waals surface area contributed by atoms with E-state index in [-0.39, 0.29) is 11.8 Å². The van der Waals surface area contributed by atoms with Crippen molar-refractivity contribution in [3.05, 3.63) is 46.0 Å². The van der Waals surface area contributed by atoms with Crippen LogP contribution in [0.4, 0.5) is 0 Å². The van der Waals surface area contributed by atoms with Crippen LogP contribution in [0.3, 0.4) is 0 Å². The van der Waals surface area contributed by atoms with Crippen LogP contribution in [0.1, 0.15) is 71.3 Å². The van der Waals surface area contributed by atoms with Gasteiger partial charge >= 0.3 is 5.97 Å². The van der Waals surface area contributed by atoms with Crippen LogP contribution in [-0.4, -0.2) is 51.7 Å². The minimum absolute atomic E-state index is 0.0632. The maximum Gasteiger partial charge on any atom is 0.340 e. The molecule has 2 aromatic rings. The Labute approximate surface area is 169 Å². The second-order valence-electron chi connectivity index (χ2n) is 6.90. The number of ether oxygens (including phenoxy) is 1. The van der Waals surface area contributed by atoms with E-state index in [1.54, 1.807) is 19.2 Å². The molecule has 1 fully saturated rings. The minimum atomic E-state index is -0.411. The Morgan fingerprint density at radius 1 is 1.29 bits per heavy atom. The lowest BCUT2D eigenvalue weighted by atomic mass is 9.90. The molecule has 1 N–H and O–H groups in total. The third-order valence-electron chi connectivity index (χ3n) is 4.92. The fraction of sp³-hybridized carbons (Fsp3) is 0.500. The van der Waals surface area contributed by atoms with Gasteiger partial charge in [-0.25, -0.2) is 4.79 Å². The molecule has 0 unspecified atom stereocenters. The van der Waals surface area contributed by atoms with Crippen LogP contribution in [0.25, 0.3) is 0 Å². The number of nitrogens with one attached hydrogen (secondary N) is 1. The van der Waals surface area contributed by atoms with Gasteiger partial charge in [0.2, 0.25) is 0 Å². The zero-order chi connectivity index (χ0) is 20.1. The van der Waals surface area contributed by atoms with Crippen LogP contribution in [-0.2, 0) is 11.2 Å². The minimum Gasteiger partial charge on any atom is -0.462 e. The van der Waals surface area contributed by atoms with Gasteiger partial charge in [-0.05, 0) is 38.3 Å². The van der Waals surface area contributed by atoms with Gasteiger partial charge in [0.25, 0.3) is 5.91 Å². The number of aromatic nitrogens is 3. The van der Waals surface area contributed by atoms with Crippen LogP contribution < -0.4 is 0 Å². The summed E-state index contributed by atoms with van der Waals surface area (Å²) in [6, 6.07) is 3.44. The number of amides is 1. The number of H-pyrrole nitrogens is 1. The molecule has 0 bridgehead atoms. The van der Waals surface area contributed by atoms with Gasteiger partial charge in [0.1, 0.15) is 5.69 Å². The number of rotatable bonds is 6. The van der Waals surface area contributed by atoms with E-state index in [1.807, 2.05) is 11.0 Å². The zero-order valence-corrected chi connectivity index (χ0v) is 17.0. The first kappa shape index (κ1) is 20.3. The quantitative estimate of drug-likeness (QED) is 0.743. The summed E-state index contributed by atoms with van der Waals surface area (Å²) in [6.07, 6.45) is 4.87. The van der Waals surface area contributed by atoms with Crippen molar-refractivity contribution in [1.82, 2.24) is 20.1 Å². The third kappa shape index (κ3) is 4.52. The number of hydrogen-bond acceptors (Lipinski definition) is 5. The van der Waals surface area contributed by atoms with Gasteiger partial charge in [0.05, 0.1) is 22.9 Å². The summed E-state index contributed by atoms with van der Waals surface area (Å²) in [7, 11) is 0. The first-order chi connectivity index (χ1) is 13.5. The van der Waals surface area contributed by atoms with Gasteiger partial charge in [-0.15, -0.1) is 0 Å². The maximum absolute atomic E-state index is 12.7. The van der Waals surface area contributed by atoms with E-state index >= 15 is 0 Å². The van der Waals surface area contributed by atoms with Crippen molar-refractivity contribution in [3.8, 4) is 0 Å². The second kappa shape index (κ2) is 9.19. The summed E-state index contributed by atoms with van der Waals surface area (Å²) >= 11 is 6.02. The van der Waals surface area contributed by atoms with Gasteiger partial charge in [0.15, 0.2) is 0 Å². The molecule has 0 aliphatic carbocycles. The summed E-state index contributed by atoms with van der Waals surface area (Å²) in [6.45, 7) is 5.32. The molecule has 0 radical (unpaired) electrons. The predicted octanol–water partition coefficient (Wildman–Crippen LogP) is 3.61. The molecule has 28 heavy (non-hydrogen) atoms. The first-order valence-electron chi connectivity index (χ1n) is 9.69. The Morgan fingerprint density at radius 2 is 2.04 bits per heavy atom. The van der Waals surface area contributed by atoms with Crippen LogP contribution in [0.2, 0.25) is 5.02 Å². The van der Waals surface area contributed by atoms with Crippen molar-refractivity contribution in [3.63, 3.8) is 0 Å². The number of aromatic amines is 1. The molecule has 1 aliphatic rings. The number of piperidine rings is 1. The average Bonchev–Trinajstić information content (AvgIpc) is 3.17. The number of likely N-dealkylation sites (tertiary alicyclic amines) is 1. The lowest BCUT2D eigenvalue weighted by Gasteiger charge is -2.31. The highest BCUT2D eigenvalue weighted by molar-refractivity contribution is 6.30. The number of hydrogen-bond donors (Lipinski definition) is 1. The molecule has 0 spiro atoms. The van der Waals surface area contributed by atoms with Crippen molar-refractivity contribution in [1.29, 1.82) is 0 Å². The molecule has 0 saturated carbocycles. The lowest BCUT2D eigenvalue weighted by molar-refractivity contribution is 0.0521. The molecule has 8 heteroatoms. The number of halogens is 1. The monoisotopic (exact) mass is 404 g/mol. The van der Waals surface area contributed by atoms with E-state index in [0.717, 1.165) is 31.4 Å². The van der Waals surface area contributed by atoms with Crippen molar-refractivity contribution in [2.45, 2.75) is 45.4 Å². The molecule has 1 aliphatic heterocycles. The number of carbonyl (C=O) groups is 2. The van der Waals surface area contributed by atoms with Gasteiger partial charge in [-0.3, -0.25) is 14.9 Å². The molecule has 0 aromatic carbocycles. The number of carbonyl (C=O) groups excluding carboxylic acids is 2. The topological polar surface area (TPSA) is 88.2 Å². The van der Waals surface area contributed by atoms with Crippen LogP contribution in [0.5, 0.6) is 0 Å². The Bertz CT molecular complexity index is 844. The number of esters is 1. The SMILES string of the molecule is CCCc1cc(C(=O)N2CCC(c3ncc(Cl)cc3C(=O)OCC)CC2)n[nH]1. The molecule has 3 rings (SSSR count). The number of aryl methyl sites for hydroxylation is 1. The van der Waals surface area contributed by atoms with E-state index in [1.165, 1.54) is 0 Å². The highest BCUT2D eigenvalue weighted by Crippen LogP contribution is 2.31. The molecule has 1 saturated heterocycles. The molecular formula is C20H25ClN4O3. The van der Waals surface area contributed by atoms with Crippen molar-refractivity contribution < 1.29 is 14.3 Å². The Kier molecular flexibility index (Phi) is 6.67. The highest BCUT2D eigenvalue weighted by Gasteiger charge is 2.29. The maximum atomic E-state index is 12.7. The Hall–Kier alpha value is -2.41. The normalized spacial score (nSPS) is 14.9. The molecule has 150 valence electrons. The standard InChI is InChI=1S/C20H25ClN4O3/c1-3-5-15-11-17(24-23-15)19(26)25-8-6-13(7-9-25)18-16(20(27)28-4-2)10-14(21)12-22-18/h10-13H,3-9H2,1-2H3,(H,23,24). The zero-order valence-electron chi connectivity index (χ0n) is 16.2. The lowest BCUT2D eigenvalue weighted by Crippen LogP contribution is -2.38. The van der Waals surface area contributed by atoms with Gasteiger partial charge in [0, 0.05) is 30.9 Å². The molecule has 2 aromatic heterocycles. The summed E-state index contributed by atoms with van der Waals surface area (Å²) in [4.78, 5) is 31.2. The van der Waals surface area contributed by atoms with Crippen molar-refractivity contribution >= 4 is 23.5 Å². The summed E-state index contributed by atoms with van der Waals surface area (Å²) < 4.78 is 5.14. The van der Waals surface area contributed by atoms with Crippen molar-refractivity contribution in [2.75, 3.05) is 19.7 Å². The van der Waals surface area contributed by atoms with Crippen LogP contribution >= 0.6 is 11.6 Å². The second-order valence-corrected chi connectivity index (χ2v) is 7.34. The fourth-order valence-electron chi connectivity index (χ4n) is 3.53. The first-order valence-corrected chi connectivity index (χ1v) is 10.1. The Balaban J connectivity index is 1.68. The van der Waals surface area contributed by atoms with E-state index in [0.29, 0.717) is 41.7 Å². The fourth-order valence-corrected chi connectivity index (χ4v) is 3.69. The largest absolute Gasteiger partial charge is 0.462 e. The molecule has 7 nitrogen and oxygen atoms in total. The van der Waals surface area contributed by atoms with Crippen LogP contribution in [0, 0.1) is 0 Å². The van der Waals surface area contributed by atoms with Crippen molar-refractivity contribution in [2.24, 2.45) is 0 Å². The van der Waals surface area contributed by atoms with E-state index < -0.39 is 5.97 Å². The van der Waals surface area contributed by atoms with E-state index in [2.05, 4.69) is 22.1 Å².